The first-order chi connectivity index (χ1) is 14.4. The van der Waals surface area contributed by atoms with Gasteiger partial charge in [-0.15, -0.1) is 0 Å². The van der Waals surface area contributed by atoms with Gasteiger partial charge in [0.1, 0.15) is 0 Å². The van der Waals surface area contributed by atoms with Crippen molar-refractivity contribution in [2.24, 2.45) is 0 Å². The summed E-state index contributed by atoms with van der Waals surface area (Å²) in [5.74, 6) is 0.801. The summed E-state index contributed by atoms with van der Waals surface area (Å²) in [6, 6.07) is 18.5. The number of halogens is 2. The van der Waals surface area contributed by atoms with Crippen LogP contribution in [0.5, 0.6) is 11.5 Å². The van der Waals surface area contributed by atoms with E-state index in [2.05, 4.69) is 10.6 Å². The van der Waals surface area contributed by atoms with Crippen molar-refractivity contribution >= 4 is 40.5 Å². The van der Waals surface area contributed by atoms with Crippen molar-refractivity contribution in [2.75, 3.05) is 24.4 Å². The van der Waals surface area contributed by atoms with Gasteiger partial charge >= 0.3 is 0 Å². The quantitative estimate of drug-likeness (QED) is 0.451. The zero-order valence-corrected chi connectivity index (χ0v) is 18.2. The topological polar surface area (TPSA) is 59.6 Å². The lowest BCUT2D eigenvalue weighted by atomic mass is 10.2. The summed E-state index contributed by atoms with van der Waals surface area (Å²) >= 11 is 12.0. The number of benzene rings is 3. The van der Waals surface area contributed by atoms with E-state index in [1.165, 1.54) is 0 Å². The minimum atomic E-state index is -0.243. The zero-order chi connectivity index (χ0) is 21.5. The van der Waals surface area contributed by atoms with Crippen LogP contribution in [0.15, 0.2) is 60.7 Å². The second-order valence-electron chi connectivity index (χ2n) is 6.67. The van der Waals surface area contributed by atoms with E-state index in [1.807, 2.05) is 49.4 Å². The summed E-state index contributed by atoms with van der Waals surface area (Å²) in [5, 5.41) is 7.10. The van der Waals surface area contributed by atoms with Crippen LogP contribution in [-0.4, -0.2) is 19.6 Å². The van der Waals surface area contributed by atoms with Gasteiger partial charge in [0, 0.05) is 17.9 Å². The van der Waals surface area contributed by atoms with E-state index in [-0.39, 0.29) is 12.5 Å². The Morgan fingerprint density at radius 3 is 2.50 bits per heavy atom. The van der Waals surface area contributed by atoms with E-state index in [0.717, 1.165) is 22.5 Å². The van der Waals surface area contributed by atoms with Crippen molar-refractivity contribution in [1.29, 1.82) is 0 Å². The van der Waals surface area contributed by atoms with Gasteiger partial charge in [-0.05, 0) is 60.5 Å². The predicted octanol–water partition coefficient (Wildman–Crippen LogP) is 5.94. The molecule has 0 aliphatic heterocycles. The van der Waals surface area contributed by atoms with E-state index in [4.69, 9.17) is 32.7 Å². The van der Waals surface area contributed by atoms with Gasteiger partial charge in [0.25, 0.3) is 5.91 Å². The van der Waals surface area contributed by atoms with Gasteiger partial charge in [-0.3, -0.25) is 4.79 Å². The van der Waals surface area contributed by atoms with E-state index in [0.29, 0.717) is 28.1 Å². The lowest BCUT2D eigenvalue weighted by molar-refractivity contribution is -0.118. The first-order valence-corrected chi connectivity index (χ1v) is 10.1. The van der Waals surface area contributed by atoms with Crippen LogP contribution >= 0.6 is 23.2 Å². The molecular formula is C23H22Cl2N2O3. The Hall–Kier alpha value is -2.89. The van der Waals surface area contributed by atoms with Crippen molar-refractivity contribution in [1.82, 2.24) is 0 Å². The molecule has 0 heterocycles. The van der Waals surface area contributed by atoms with Crippen molar-refractivity contribution < 1.29 is 14.3 Å². The number of nitrogens with one attached hydrogen (secondary N) is 2. The van der Waals surface area contributed by atoms with Crippen LogP contribution in [0.3, 0.4) is 0 Å². The average Bonchev–Trinajstić information content (AvgIpc) is 2.73. The van der Waals surface area contributed by atoms with E-state index >= 15 is 0 Å². The maximum Gasteiger partial charge on any atom is 0.262 e. The molecule has 0 unspecified atom stereocenters. The molecule has 0 fully saturated rings. The van der Waals surface area contributed by atoms with Crippen molar-refractivity contribution in [3.63, 3.8) is 0 Å². The number of methoxy groups -OCH3 is 1. The summed E-state index contributed by atoms with van der Waals surface area (Å²) in [5.41, 5.74) is 3.64. The molecule has 3 aromatic carbocycles. The zero-order valence-electron chi connectivity index (χ0n) is 16.7. The highest BCUT2D eigenvalue weighted by molar-refractivity contribution is 6.42. The number of ether oxygens (including phenoxy) is 2. The summed E-state index contributed by atoms with van der Waals surface area (Å²) in [6.07, 6.45) is 0. The molecule has 0 aromatic heterocycles. The number of carbonyl (C=O) groups excluding carboxylic acids is 1. The average molecular weight is 445 g/mol. The smallest absolute Gasteiger partial charge is 0.262 e. The molecule has 0 radical (unpaired) electrons. The SMILES string of the molecule is COc1cc(CNc2ccc(Cl)c(Cl)c2)ccc1OCC(=O)Nc1cccc(C)c1. The summed E-state index contributed by atoms with van der Waals surface area (Å²) < 4.78 is 11.1. The van der Waals surface area contributed by atoms with Gasteiger partial charge in [0.15, 0.2) is 18.1 Å². The Morgan fingerprint density at radius 1 is 0.933 bits per heavy atom. The second kappa shape index (κ2) is 10.2. The highest BCUT2D eigenvalue weighted by atomic mass is 35.5. The fraction of sp³-hybridized carbons (Fsp3) is 0.174. The number of hydrogen-bond acceptors (Lipinski definition) is 4. The maximum absolute atomic E-state index is 12.2. The lowest BCUT2D eigenvalue weighted by Crippen LogP contribution is -2.20. The molecule has 0 aliphatic rings. The monoisotopic (exact) mass is 444 g/mol. The van der Waals surface area contributed by atoms with Crippen LogP contribution in [0.25, 0.3) is 0 Å². The molecule has 3 rings (SSSR count). The second-order valence-corrected chi connectivity index (χ2v) is 7.49. The number of carbonyl (C=O) groups is 1. The fourth-order valence-corrected chi connectivity index (χ4v) is 3.11. The van der Waals surface area contributed by atoms with Gasteiger partial charge in [-0.2, -0.15) is 0 Å². The van der Waals surface area contributed by atoms with Gasteiger partial charge < -0.3 is 20.1 Å². The third kappa shape index (κ3) is 6.05. The molecule has 0 atom stereocenters. The summed E-state index contributed by atoms with van der Waals surface area (Å²) in [6.45, 7) is 2.41. The molecule has 2 N–H and O–H groups in total. The summed E-state index contributed by atoms with van der Waals surface area (Å²) in [7, 11) is 1.56. The van der Waals surface area contributed by atoms with Crippen molar-refractivity contribution in [3.05, 3.63) is 81.8 Å². The van der Waals surface area contributed by atoms with Crippen LogP contribution in [0, 0.1) is 6.92 Å². The molecule has 5 nitrogen and oxygen atoms in total. The third-order valence-corrected chi connectivity index (χ3v) is 5.04. The van der Waals surface area contributed by atoms with Crippen LogP contribution < -0.4 is 20.1 Å². The van der Waals surface area contributed by atoms with Crippen molar-refractivity contribution in [2.45, 2.75) is 13.5 Å². The molecule has 156 valence electrons. The Bertz CT molecular complexity index is 1040. The number of amides is 1. The molecule has 0 saturated carbocycles. The molecule has 30 heavy (non-hydrogen) atoms. The Balaban J connectivity index is 1.58. The van der Waals surface area contributed by atoms with Gasteiger partial charge in [0.05, 0.1) is 17.2 Å². The normalized spacial score (nSPS) is 10.4. The Morgan fingerprint density at radius 2 is 1.77 bits per heavy atom. The van der Waals surface area contributed by atoms with E-state index in [1.54, 1.807) is 25.3 Å². The van der Waals surface area contributed by atoms with Crippen LogP contribution in [-0.2, 0) is 11.3 Å². The maximum atomic E-state index is 12.2. The lowest BCUT2D eigenvalue weighted by Gasteiger charge is -2.13. The highest BCUT2D eigenvalue weighted by Gasteiger charge is 2.10. The van der Waals surface area contributed by atoms with Gasteiger partial charge in [-0.25, -0.2) is 0 Å². The van der Waals surface area contributed by atoms with Crippen molar-refractivity contribution in [3.8, 4) is 11.5 Å². The number of hydrogen-bond donors (Lipinski definition) is 2. The van der Waals surface area contributed by atoms with E-state index < -0.39 is 0 Å². The first-order valence-electron chi connectivity index (χ1n) is 9.30. The molecular weight excluding hydrogens is 423 g/mol. The first kappa shape index (κ1) is 21.8. The highest BCUT2D eigenvalue weighted by Crippen LogP contribution is 2.29. The molecule has 3 aromatic rings. The molecule has 0 bridgehead atoms. The van der Waals surface area contributed by atoms with Crippen LogP contribution in [0.2, 0.25) is 10.0 Å². The minimum Gasteiger partial charge on any atom is -0.493 e. The van der Waals surface area contributed by atoms with Gasteiger partial charge in [-0.1, -0.05) is 41.4 Å². The number of rotatable bonds is 8. The number of aryl methyl sites for hydroxylation is 1. The molecule has 7 heteroatoms. The molecule has 0 spiro atoms. The van der Waals surface area contributed by atoms with E-state index in [9.17, 15) is 4.79 Å². The van der Waals surface area contributed by atoms with Gasteiger partial charge in [0.2, 0.25) is 0 Å². The molecule has 0 aliphatic carbocycles. The Kier molecular flexibility index (Phi) is 7.44. The van der Waals surface area contributed by atoms with Crippen LogP contribution in [0.1, 0.15) is 11.1 Å². The largest absolute Gasteiger partial charge is 0.493 e. The standard InChI is InChI=1S/C23H22Cl2N2O3/c1-15-4-3-5-18(10-15)27-23(28)14-30-21-9-6-16(11-22(21)29-2)13-26-17-7-8-19(24)20(25)12-17/h3-12,26H,13-14H2,1-2H3,(H,27,28). The molecule has 0 saturated heterocycles. The minimum absolute atomic E-state index is 0.120. The molecule has 1 amide bonds. The third-order valence-electron chi connectivity index (χ3n) is 4.30. The number of anilines is 2. The Labute approximate surface area is 185 Å². The predicted molar refractivity (Wildman–Crippen MR) is 122 cm³/mol. The summed E-state index contributed by atoms with van der Waals surface area (Å²) in [4.78, 5) is 12.2. The fourth-order valence-electron chi connectivity index (χ4n) is 2.81. The van der Waals surface area contributed by atoms with Crippen LogP contribution in [0.4, 0.5) is 11.4 Å².